The topological polar surface area (TPSA) is 41.1 Å². The predicted molar refractivity (Wildman–Crippen MR) is 78.9 cm³/mol. The largest absolute Gasteiger partial charge is 0.322 e. The van der Waals surface area contributed by atoms with Gasteiger partial charge in [0.15, 0.2) is 0 Å². The van der Waals surface area contributed by atoms with Gasteiger partial charge in [0.2, 0.25) is 5.91 Å². The molecule has 1 unspecified atom stereocenters. The van der Waals surface area contributed by atoms with Crippen molar-refractivity contribution in [2.45, 2.75) is 13.0 Å². The Morgan fingerprint density at radius 3 is 2.94 bits per heavy atom. The van der Waals surface area contributed by atoms with E-state index < -0.39 is 0 Å². The van der Waals surface area contributed by atoms with Crippen LogP contribution in [0.15, 0.2) is 12.1 Å². The number of hydrogen-bond donors (Lipinski definition) is 2. The van der Waals surface area contributed by atoms with Gasteiger partial charge in [0.25, 0.3) is 0 Å². The van der Waals surface area contributed by atoms with E-state index in [4.69, 9.17) is 23.2 Å². The molecular weight excluding hydrogens is 291 g/mol. The summed E-state index contributed by atoms with van der Waals surface area (Å²) < 4.78 is 0. The van der Waals surface area contributed by atoms with Crippen molar-refractivity contribution < 1.29 is 4.79 Å². The van der Waals surface area contributed by atoms with Crippen LogP contribution in [0.5, 0.6) is 0 Å². The molecule has 0 bridgehead atoms. The number of halogens is 2. The zero-order chi connectivity index (χ0) is 13.1. The summed E-state index contributed by atoms with van der Waals surface area (Å²) in [4.78, 5) is 12.1. The van der Waals surface area contributed by atoms with Crippen molar-refractivity contribution in [1.82, 2.24) is 5.32 Å². The third kappa shape index (κ3) is 3.12. The molecule has 1 fully saturated rings. The SMILES string of the molecule is Cc1ccc(Cl)c(NC(=O)C2CSCCN2)c1Cl. The Hall–Kier alpha value is -0.420. The van der Waals surface area contributed by atoms with Gasteiger partial charge in [-0.2, -0.15) is 11.8 Å². The quantitative estimate of drug-likeness (QED) is 0.882. The fourth-order valence-electron chi connectivity index (χ4n) is 1.72. The van der Waals surface area contributed by atoms with Crippen LogP contribution in [-0.2, 0) is 4.79 Å². The van der Waals surface area contributed by atoms with E-state index in [1.807, 2.05) is 13.0 Å². The van der Waals surface area contributed by atoms with E-state index in [9.17, 15) is 4.79 Å². The van der Waals surface area contributed by atoms with Gasteiger partial charge in [-0.1, -0.05) is 29.3 Å². The highest BCUT2D eigenvalue weighted by molar-refractivity contribution is 7.99. The number of hydrogen-bond acceptors (Lipinski definition) is 3. The second kappa shape index (κ2) is 6.15. The maximum absolute atomic E-state index is 12.1. The maximum Gasteiger partial charge on any atom is 0.242 e. The fraction of sp³-hybridized carbons (Fsp3) is 0.417. The van der Waals surface area contributed by atoms with Gasteiger partial charge in [0, 0.05) is 18.1 Å². The molecule has 6 heteroatoms. The first-order valence-corrected chi connectivity index (χ1v) is 7.57. The van der Waals surface area contributed by atoms with E-state index >= 15 is 0 Å². The van der Waals surface area contributed by atoms with Gasteiger partial charge in [0.1, 0.15) is 0 Å². The smallest absolute Gasteiger partial charge is 0.242 e. The molecule has 1 atom stereocenters. The third-order valence-corrected chi connectivity index (χ3v) is 4.63. The van der Waals surface area contributed by atoms with E-state index in [-0.39, 0.29) is 11.9 Å². The molecule has 1 aromatic rings. The van der Waals surface area contributed by atoms with Crippen LogP contribution in [0.2, 0.25) is 10.0 Å². The van der Waals surface area contributed by atoms with Crippen molar-refractivity contribution in [3.63, 3.8) is 0 Å². The minimum absolute atomic E-state index is 0.0865. The van der Waals surface area contributed by atoms with Gasteiger partial charge in [-0.25, -0.2) is 0 Å². The molecule has 0 saturated carbocycles. The molecule has 1 saturated heterocycles. The lowest BCUT2D eigenvalue weighted by Gasteiger charge is -2.23. The number of rotatable bonds is 2. The summed E-state index contributed by atoms with van der Waals surface area (Å²) >= 11 is 14.0. The molecule has 0 spiro atoms. The standard InChI is InChI=1S/C12H14Cl2N2OS/c1-7-2-3-8(13)11(10(7)14)16-12(17)9-6-18-5-4-15-9/h2-3,9,15H,4-6H2,1H3,(H,16,17). The van der Waals surface area contributed by atoms with Crippen LogP contribution in [0.25, 0.3) is 0 Å². The molecule has 0 aliphatic carbocycles. The van der Waals surface area contributed by atoms with E-state index in [0.717, 1.165) is 23.6 Å². The van der Waals surface area contributed by atoms with Crippen molar-refractivity contribution in [1.29, 1.82) is 0 Å². The van der Waals surface area contributed by atoms with Crippen molar-refractivity contribution >= 4 is 46.6 Å². The van der Waals surface area contributed by atoms with Crippen LogP contribution >= 0.6 is 35.0 Å². The normalized spacial score (nSPS) is 19.6. The molecule has 1 aliphatic heterocycles. The number of amides is 1. The van der Waals surface area contributed by atoms with E-state index in [1.54, 1.807) is 17.8 Å². The predicted octanol–water partition coefficient (Wildman–Crippen LogP) is 2.95. The summed E-state index contributed by atoms with van der Waals surface area (Å²) in [6.45, 7) is 2.72. The first kappa shape index (κ1) is 14.0. The zero-order valence-electron chi connectivity index (χ0n) is 9.93. The van der Waals surface area contributed by atoms with Crippen LogP contribution in [0.4, 0.5) is 5.69 Å². The Balaban J connectivity index is 2.13. The Morgan fingerprint density at radius 2 is 2.28 bits per heavy atom. The average Bonchev–Trinajstić information content (AvgIpc) is 2.40. The van der Waals surface area contributed by atoms with Gasteiger partial charge in [-0.05, 0) is 18.6 Å². The van der Waals surface area contributed by atoms with Crippen molar-refractivity contribution in [2.24, 2.45) is 0 Å². The number of nitrogens with one attached hydrogen (secondary N) is 2. The highest BCUT2D eigenvalue weighted by atomic mass is 35.5. The molecule has 2 N–H and O–H groups in total. The van der Waals surface area contributed by atoms with Gasteiger partial charge in [-0.15, -0.1) is 0 Å². The average molecular weight is 305 g/mol. The summed E-state index contributed by atoms with van der Waals surface area (Å²) in [7, 11) is 0. The number of anilines is 1. The van der Waals surface area contributed by atoms with Crippen LogP contribution in [-0.4, -0.2) is 30.0 Å². The number of aryl methyl sites for hydroxylation is 1. The van der Waals surface area contributed by atoms with Gasteiger partial charge in [0.05, 0.1) is 21.8 Å². The lowest BCUT2D eigenvalue weighted by molar-refractivity contribution is -0.117. The number of carbonyl (C=O) groups is 1. The molecular formula is C12H14Cl2N2OS. The summed E-state index contributed by atoms with van der Waals surface area (Å²) in [5.41, 5.74) is 1.39. The minimum Gasteiger partial charge on any atom is -0.322 e. The minimum atomic E-state index is -0.184. The number of thioether (sulfide) groups is 1. The van der Waals surface area contributed by atoms with E-state index in [2.05, 4.69) is 10.6 Å². The Bertz CT molecular complexity index is 462. The number of benzene rings is 1. The van der Waals surface area contributed by atoms with Crippen molar-refractivity contribution in [2.75, 3.05) is 23.4 Å². The molecule has 2 rings (SSSR count). The first-order chi connectivity index (χ1) is 8.59. The zero-order valence-corrected chi connectivity index (χ0v) is 12.3. The van der Waals surface area contributed by atoms with Gasteiger partial charge >= 0.3 is 0 Å². The van der Waals surface area contributed by atoms with Crippen LogP contribution in [0, 0.1) is 6.92 Å². The Morgan fingerprint density at radius 1 is 1.50 bits per heavy atom. The lowest BCUT2D eigenvalue weighted by atomic mass is 10.2. The van der Waals surface area contributed by atoms with Crippen molar-refractivity contribution in [3.8, 4) is 0 Å². The summed E-state index contributed by atoms with van der Waals surface area (Å²) in [6.07, 6.45) is 0. The second-order valence-corrected chi connectivity index (χ2v) is 6.06. The van der Waals surface area contributed by atoms with E-state index in [1.165, 1.54) is 0 Å². The monoisotopic (exact) mass is 304 g/mol. The molecule has 18 heavy (non-hydrogen) atoms. The van der Waals surface area contributed by atoms with Gasteiger partial charge < -0.3 is 10.6 Å². The molecule has 1 heterocycles. The van der Waals surface area contributed by atoms with Crippen LogP contribution in [0.3, 0.4) is 0 Å². The molecule has 1 amide bonds. The third-order valence-electron chi connectivity index (χ3n) is 2.77. The molecule has 98 valence electrons. The molecule has 1 aromatic carbocycles. The second-order valence-electron chi connectivity index (χ2n) is 4.12. The molecule has 1 aliphatic rings. The summed E-state index contributed by atoms with van der Waals surface area (Å²) in [5.74, 6) is 1.72. The summed E-state index contributed by atoms with van der Waals surface area (Å²) in [5, 5.41) is 6.94. The Kier molecular flexibility index (Phi) is 4.78. The fourth-order valence-corrected chi connectivity index (χ4v) is 3.11. The lowest BCUT2D eigenvalue weighted by Crippen LogP contribution is -2.46. The van der Waals surface area contributed by atoms with Crippen LogP contribution < -0.4 is 10.6 Å². The molecule has 0 aromatic heterocycles. The molecule has 0 radical (unpaired) electrons. The maximum atomic E-state index is 12.1. The van der Waals surface area contributed by atoms with Crippen LogP contribution in [0.1, 0.15) is 5.56 Å². The highest BCUT2D eigenvalue weighted by Gasteiger charge is 2.22. The first-order valence-electron chi connectivity index (χ1n) is 5.66. The number of carbonyl (C=O) groups excluding carboxylic acids is 1. The van der Waals surface area contributed by atoms with Gasteiger partial charge in [-0.3, -0.25) is 4.79 Å². The highest BCUT2D eigenvalue weighted by Crippen LogP contribution is 2.33. The van der Waals surface area contributed by atoms with E-state index in [0.29, 0.717) is 15.7 Å². The Labute approximate surface area is 121 Å². The van der Waals surface area contributed by atoms with Crippen molar-refractivity contribution in [3.05, 3.63) is 27.7 Å². The summed E-state index contributed by atoms with van der Waals surface area (Å²) in [6, 6.07) is 3.38. The molecule has 3 nitrogen and oxygen atoms in total.